The van der Waals surface area contributed by atoms with Crippen molar-refractivity contribution in [2.24, 2.45) is 0 Å². The van der Waals surface area contributed by atoms with E-state index < -0.39 is 0 Å². The number of anilines is 6. The molecule has 9 aromatic carbocycles. The summed E-state index contributed by atoms with van der Waals surface area (Å²) in [6, 6.07) is 64.3. The van der Waals surface area contributed by atoms with Gasteiger partial charge in [-0.3, -0.25) is 0 Å². The number of hydrogen-bond donors (Lipinski definition) is 0. The van der Waals surface area contributed by atoms with Crippen molar-refractivity contribution in [3.05, 3.63) is 193 Å². The van der Waals surface area contributed by atoms with Gasteiger partial charge in [-0.25, -0.2) is 0 Å². The van der Waals surface area contributed by atoms with Crippen LogP contribution in [0.4, 0.5) is 34.1 Å². The predicted molar refractivity (Wildman–Crippen MR) is 220 cm³/mol. The van der Waals surface area contributed by atoms with E-state index in [1.165, 1.54) is 71.2 Å². The Morgan fingerprint density at radius 2 is 0.725 bits per heavy atom. The zero-order chi connectivity index (χ0) is 34.5. The standard InChI is InChI=1S/C49H38N2/c1-33-28-29-42-43(30-33)49(51(39-22-8-5-9-23-39)47-27-15-19-37-17-11-13-25-41(37)47)45-32-35(3)34(2)31-44(45)48(42)50(38-20-6-4-7-21-38)46-26-14-18-36-16-10-12-24-40(36)46/h4-32H,1-3H3. The molecule has 9 rings (SSSR count). The molecule has 0 amide bonds. The van der Waals surface area contributed by atoms with Crippen molar-refractivity contribution in [3.8, 4) is 0 Å². The van der Waals surface area contributed by atoms with Crippen molar-refractivity contribution < 1.29 is 0 Å². The molecular formula is C49H38N2. The number of benzene rings is 9. The molecule has 244 valence electrons. The van der Waals surface area contributed by atoms with Crippen molar-refractivity contribution in [1.82, 2.24) is 0 Å². The topological polar surface area (TPSA) is 6.48 Å². The van der Waals surface area contributed by atoms with Crippen LogP contribution in [0.25, 0.3) is 43.1 Å². The van der Waals surface area contributed by atoms with Gasteiger partial charge in [-0.15, -0.1) is 0 Å². The maximum absolute atomic E-state index is 2.50. The Balaban J connectivity index is 1.48. The Morgan fingerprint density at radius 3 is 1.24 bits per heavy atom. The first-order valence-electron chi connectivity index (χ1n) is 17.7. The third-order valence-electron chi connectivity index (χ3n) is 10.3. The van der Waals surface area contributed by atoms with Gasteiger partial charge in [-0.2, -0.15) is 0 Å². The quantitative estimate of drug-likeness (QED) is 0.130. The van der Waals surface area contributed by atoms with Crippen molar-refractivity contribution in [1.29, 1.82) is 0 Å². The minimum Gasteiger partial charge on any atom is -0.309 e. The van der Waals surface area contributed by atoms with Crippen LogP contribution in [0.3, 0.4) is 0 Å². The largest absolute Gasteiger partial charge is 0.309 e. The van der Waals surface area contributed by atoms with Crippen molar-refractivity contribution in [2.45, 2.75) is 20.8 Å². The van der Waals surface area contributed by atoms with E-state index in [1.807, 2.05) is 0 Å². The number of aryl methyl sites for hydroxylation is 3. The smallest absolute Gasteiger partial charge is 0.0620 e. The van der Waals surface area contributed by atoms with Crippen molar-refractivity contribution in [3.63, 3.8) is 0 Å². The third kappa shape index (κ3) is 5.19. The summed E-state index contributed by atoms with van der Waals surface area (Å²) in [7, 11) is 0. The number of rotatable bonds is 6. The second kappa shape index (κ2) is 12.5. The molecule has 2 nitrogen and oxygen atoms in total. The van der Waals surface area contributed by atoms with E-state index in [0.29, 0.717) is 0 Å². The lowest BCUT2D eigenvalue weighted by molar-refractivity contribution is 1.30. The Morgan fingerprint density at radius 1 is 0.314 bits per heavy atom. The molecule has 0 saturated heterocycles. The number of fused-ring (bicyclic) bond motifs is 4. The van der Waals surface area contributed by atoms with Gasteiger partial charge in [0.2, 0.25) is 0 Å². The highest BCUT2D eigenvalue weighted by Gasteiger charge is 2.27. The summed E-state index contributed by atoms with van der Waals surface area (Å²) >= 11 is 0. The van der Waals surface area contributed by atoms with Gasteiger partial charge in [0.1, 0.15) is 0 Å². The highest BCUT2D eigenvalue weighted by Crippen LogP contribution is 2.53. The summed E-state index contributed by atoms with van der Waals surface area (Å²) in [5.41, 5.74) is 10.7. The molecule has 0 atom stereocenters. The molecule has 0 aliphatic carbocycles. The molecule has 0 fully saturated rings. The van der Waals surface area contributed by atoms with Gasteiger partial charge in [-0.05, 0) is 97.3 Å². The molecular weight excluding hydrogens is 617 g/mol. The second-order valence-corrected chi connectivity index (χ2v) is 13.6. The summed E-state index contributed by atoms with van der Waals surface area (Å²) in [6.45, 7) is 6.68. The highest BCUT2D eigenvalue weighted by molar-refractivity contribution is 6.25. The van der Waals surface area contributed by atoms with Crippen LogP contribution < -0.4 is 9.80 Å². The van der Waals surface area contributed by atoms with Gasteiger partial charge < -0.3 is 9.80 Å². The van der Waals surface area contributed by atoms with E-state index in [2.05, 4.69) is 206 Å². The number of nitrogens with zero attached hydrogens (tertiary/aromatic N) is 2. The van der Waals surface area contributed by atoms with E-state index >= 15 is 0 Å². The van der Waals surface area contributed by atoms with Gasteiger partial charge in [0.25, 0.3) is 0 Å². The summed E-state index contributed by atoms with van der Waals surface area (Å²) in [4.78, 5) is 4.99. The van der Waals surface area contributed by atoms with Crippen LogP contribution in [0.2, 0.25) is 0 Å². The highest BCUT2D eigenvalue weighted by atomic mass is 15.2. The Hall–Kier alpha value is -6.38. The number of para-hydroxylation sites is 2. The van der Waals surface area contributed by atoms with E-state index in [-0.39, 0.29) is 0 Å². The van der Waals surface area contributed by atoms with E-state index in [9.17, 15) is 0 Å². The number of hydrogen-bond acceptors (Lipinski definition) is 2. The molecule has 0 unspecified atom stereocenters. The minimum absolute atomic E-state index is 1.12. The molecule has 0 aromatic heterocycles. The molecule has 0 N–H and O–H groups in total. The first-order valence-corrected chi connectivity index (χ1v) is 17.7. The molecule has 0 heterocycles. The SMILES string of the molecule is Cc1ccc2c(N(c3ccccc3)c3cccc4ccccc34)c3cc(C)c(C)cc3c(N(c3ccccc3)c3cccc4ccccc34)c2c1. The van der Waals surface area contributed by atoms with Crippen LogP contribution in [0, 0.1) is 20.8 Å². The van der Waals surface area contributed by atoms with Gasteiger partial charge in [-0.1, -0.05) is 127 Å². The first-order chi connectivity index (χ1) is 25.1. The molecule has 0 saturated carbocycles. The maximum Gasteiger partial charge on any atom is 0.0620 e. The Kier molecular flexibility index (Phi) is 7.51. The summed E-state index contributed by atoms with van der Waals surface area (Å²) in [5.74, 6) is 0. The fourth-order valence-electron chi connectivity index (χ4n) is 7.78. The predicted octanol–water partition coefficient (Wildman–Crippen LogP) is 14.2. The minimum atomic E-state index is 1.12. The maximum atomic E-state index is 2.50. The van der Waals surface area contributed by atoms with Crippen LogP contribution in [0.1, 0.15) is 16.7 Å². The third-order valence-corrected chi connectivity index (χ3v) is 10.3. The molecule has 9 aromatic rings. The average Bonchev–Trinajstić information content (AvgIpc) is 3.17. The van der Waals surface area contributed by atoms with Crippen LogP contribution in [0.5, 0.6) is 0 Å². The lowest BCUT2D eigenvalue weighted by Crippen LogP contribution is -2.15. The van der Waals surface area contributed by atoms with E-state index in [0.717, 1.165) is 22.7 Å². The van der Waals surface area contributed by atoms with Crippen LogP contribution >= 0.6 is 0 Å². The lowest BCUT2D eigenvalue weighted by atomic mass is 9.91. The second-order valence-electron chi connectivity index (χ2n) is 13.6. The fraction of sp³-hybridized carbons (Fsp3) is 0.0612. The van der Waals surface area contributed by atoms with Crippen molar-refractivity contribution in [2.75, 3.05) is 9.80 Å². The van der Waals surface area contributed by atoms with Gasteiger partial charge in [0.05, 0.1) is 22.7 Å². The Bertz CT molecular complexity index is 2720. The van der Waals surface area contributed by atoms with Crippen LogP contribution in [-0.2, 0) is 0 Å². The van der Waals surface area contributed by atoms with Gasteiger partial charge >= 0.3 is 0 Å². The molecule has 0 radical (unpaired) electrons. The van der Waals surface area contributed by atoms with E-state index in [1.54, 1.807) is 0 Å². The molecule has 0 aliphatic rings. The molecule has 51 heavy (non-hydrogen) atoms. The Labute approximate surface area is 299 Å². The summed E-state index contributed by atoms with van der Waals surface area (Å²) < 4.78 is 0. The van der Waals surface area contributed by atoms with Crippen LogP contribution in [-0.4, -0.2) is 0 Å². The average molecular weight is 655 g/mol. The fourth-order valence-corrected chi connectivity index (χ4v) is 7.78. The monoisotopic (exact) mass is 654 g/mol. The van der Waals surface area contributed by atoms with Gasteiger partial charge in [0.15, 0.2) is 0 Å². The molecule has 0 bridgehead atoms. The zero-order valence-electron chi connectivity index (χ0n) is 29.1. The van der Waals surface area contributed by atoms with Gasteiger partial charge in [0, 0.05) is 43.7 Å². The zero-order valence-corrected chi connectivity index (χ0v) is 29.1. The van der Waals surface area contributed by atoms with E-state index in [4.69, 9.17) is 0 Å². The molecule has 0 aliphatic heterocycles. The summed E-state index contributed by atoms with van der Waals surface area (Å²) in [6.07, 6.45) is 0. The normalized spacial score (nSPS) is 11.4. The van der Waals surface area contributed by atoms with Crippen molar-refractivity contribution >= 4 is 77.2 Å². The van der Waals surface area contributed by atoms with Crippen LogP contribution in [0.15, 0.2) is 176 Å². The first kappa shape index (κ1) is 30.7. The summed E-state index contributed by atoms with van der Waals surface area (Å²) in [5, 5.41) is 9.69. The molecule has 0 spiro atoms. The lowest BCUT2D eigenvalue weighted by Gasteiger charge is -2.34. The molecule has 2 heteroatoms.